The summed E-state index contributed by atoms with van der Waals surface area (Å²) < 4.78 is 0. The third-order valence-corrected chi connectivity index (χ3v) is 4.01. The van der Waals surface area contributed by atoms with Crippen LogP contribution in [-0.2, 0) is 4.79 Å². The molecule has 2 atom stereocenters. The number of hydrogen-bond donors (Lipinski definition) is 2. The SMILES string of the molecule is NC(=O)NCC1CCCCN1C(=O)CC1C=CCC1. The van der Waals surface area contributed by atoms with E-state index in [1.807, 2.05) is 4.90 Å². The molecule has 5 nitrogen and oxygen atoms in total. The van der Waals surface area contributed by atoms with Crippen molar-refractivity contribution in [3.8, 4) is 0 Å². The minimum absolute atomic E-state index is 0.110. The van der Waals surface area contributed by atoms with Crippen LogP contribution < -0.4 is 11.1 Å². The van der Waals surface area contributed by atoms with Crippen LogP contribution in [0.2, 0.25) is 0 Å². The lowest BCUT2D eigenvalue weighted by atomic mass is 9.98. The van der Waals surface area contributed by atoms with Crippen LogP contribution in [0.3, 0.4) is 0 Å². The second-order valence-corrected chi connectivity index (χ2v) is 5.45. The van der Waals surface area contributed by atoms with Gasteiger partial charge in [-0.3, -0.25) is 4.79 Å². The maximum atomic E-state index is 12.4. The first-order chi connectivity index (χ1) is 9.16. The smallest absolute Gasteiger partial charge is 0.312 e. The molecule has 0 bridgehead atoms. The zero-order chi connectivity index (χ0) is 13.7. The van der Waals surface area contributed by atoms with E-state index in [-0.39, 0.29) is 11.9 Å². The van der Waals surface area contributed by atoms with Gasteiger partial charge in [0, 0.05) is 25.6 Å². The van der Waals surface area contributed by atoms with Crippen molar-refractivity contribution >= 4 is 11.9 Å². The molecule has 2 unspecified atom stereocenters. The van der Waals surface area contributed by atoms with E-state index < -0.39 is 6.03 Å². The quantitative estimate of drug-likeness (QED) is 0.754. The highest BCUT2D eigenvalue weighted by molar-refractivity contribution is 5.77. The molecule has 1 aliphatic carbocycles. The molecule has 0 radical (unpaired) electrons. The van der Waals surface area contributed by atoms with E-state index in [1.54, 1.807) is 0 Å². The average Bonchev–Trinajstić information content (AvgIpc) is 2.89. The fourth-order valence-corrected chi connectivity index (χ4v) is 2.97. The zero-order valence-corrected chi connectivity index (χ0v) is 11.3. The molecule has 19 heavy (non-hydrogen) atoms. The van der Waals surface area contributed by atoms with E-state index in [2.05, 4.69) is 17.5 Å². The van der Waals surface area contributed by atoms with Crippen molar-refractivity contribution in [2.24, 2.45) is 11.7 Å². The number of carbonyl (C=O) groups excluding carboxylic acids is 2. The molecule has 0 aromatic carbocycles. The lowest BCUT2D eigenvalue weighted by molar-refractivity contribution is -0.135. The maximum absolute atomic E-state index is 12.4. The summed E-state index contributed by atoms with van der Waals surface area (Å²) in [6.07, 6.45) is 10.2. The van der Waals surface area contributed by atoms with Crippen molar-refractivity contribution in [3.05, 3.63) is 12.2 Å². The van der Waals surface area contributed by atoms with Gasteiger partial charge in [0.05, 0.1) is 0 Å². The molecule has 0 saturated carbocycles. The molecule has 2 aliphatic rings. The molecule has 1 aliphatic heterocycles. The number of hydrogen-bond acceptors (Lipinski definition) is 2. The first kappa shape index (κ1) is 13.9. The van der Waals surface area contributed by atoms with E-state index in [1.165, 1.54) is 0 Å². The fraction of sp³-hybridized carbons (Fsp3) is 0.714. The summed E-state index contributed by atoms with van der Waals surface area (Å²) in [4.78, 5) is 25.1. The fourth-order valence-electron chi connectivity index (χ4n) is 2.97. The first-order valence-electron chi connectivity index (χ1n) is 7.16. The maximum Gasteiger partial charge on any atom is 0.312 e. The Labute approximate surface area is 114 Å². The molecule has 5 heteroatoms. The summed E-state index contributed by atoms with van der Waals surface area (Å²) in [6.45, 7) is 1.28. The molecular weight excluding hydrogens is 242 g/mol. The van der Waals surface area contributed by atoms with Crippen LogP contribution in [0, 0.1) is 5.92 Å². The van der Waals surface area contributed by atoms with Crippen LogP contribution in [0.1, 0.15) is 38.5 Å². The molecule has 3 amide bonds. The predicted molar refractivity (Wildman–Crippen MR) is 73.4 cm³/mol. The Hall–Kier alpha value is -1.52. The molecule has 0 spiro atoms. The summed E-state index contributed by atoms with van der Waals surface area (Å²) in [5.41, 5.74) is 5.10. The number of rotatable bonds is 4. The Morgan fingerprint density at radius 1 is 1.32 bits per heavy atom. The number of nitrogens with zero attached hydrogens (tertiary/aromatic N) is 1. The Balaban J connectivity index is 1.88. The van der Waals surface area contributed by atoms with Crippen molar-refractivity contribution in [2.45, 2.75) is 44.6 Å². The molecule has 3 N–H and O–H groups in total. The van der Waals surface area contributed by atoms with Gasteiger partial charge < -0.3 is 16.0 Å². The highest BCUT2D eigenvalue weighted by Gasteiger charge is 2.28. The van der Waals surface area contributed by atoms with Gasteiger partial charge in [0.15, 0.2) is 0 Å². The predicted octanol–water partition coefficient (Wildman–Crippen LogP) is 1.39. The van der Waals surface area contributed by atoms with Crippen LogP contribution >= 0.6 is 0 Å². The minimum atomic E-state index is -0.517. The molecule has 1 saturated heterocycles. The number of carbonyl (C=O) groups is 2. The number of nitrogens with one attached hydrogen (secondary N) is 1. The first-order valence-corrected chi connectivity index (χ1v) is 7.16. The monoisotopic (exact) mass is 265 g/mol. The third-order valence-electron chi connectivity index (χ3n) is 4.01. The second kappa shape index (κ2) is 6.59. The van der Waals surface area contributed by atoms with Gasteiger partial charge in [-0.1, -0.05) is 12.2 Å². The van der Waals surface area contributed by atoms with Gasteiger partial charge in [0.1, 0.15) is 0 Å². The lowest BCUT2D eigenvalue weighted by Crippen LogP contribution is -2.50. The molecule has 1 fully saturated rings. The van der Waals surface area contributed by atoms with Gasteiger partial charge in [-0.25, -0.2) is 4.79 Å². The van der Waals surface area contributed by atoms with E-state index in [9.17, 15) is 9.59 Å². The molecule has 2 rings (SSSR count). The van der Waals surface area contributed by atoms with Gasteiger partial charge in [-0.15, -0.1) is 0 Å². The van der Waals surface area contributed by atoms with Gasteiger partial charge >= 0.3 is 6.03 Å². The Kier molecular flexibility index (Phi) is 4.82. The number of piperidine rings is 1. The molecule has 1 heterocycles. The van der Waals surface area contributed by atoms with E-state index in [4.69, 9.17) is 5.73 Å². The van der Waals surface area contributed by atoms with Crippen molar-refractivity contribution < 1.29 is 9.59 Å². The standard InChI is InChI=1S/C14H23N3O2/c15-14(19)16-10-12-7-3-4-8-17(12)13(18)9-11-5-1-2-6-11/h1,5,11-12H,2-4,6-10H2,(H3,15,16,19). The zero-order valence-electron chi connectivity index (χ0n) is 11.3. The van der Waals surface area contributed by atoms with Gasteiger partial charge in [-0.05, 0) is 38.0 Å². The number of primary amides is 1. The largest absolute Gasteiger partial charge is 0.352 e. The molecule has 0 aromatic heterocycles. The van der Waals surface area contributed by atoms with Crippen LogP contribution in [0.15, 0.2) is 12.2 Å². The van der Waals surface area contributed by atoms with Gasteiger partial charge in [-0.2, -0.15) is 0 Å². The Morgan fingerprint density at radius 2 is 2.16 bits per heavy atom. The Morgan fingerprint density at radius 3 is 2.84 bits per heavy atom. The summed E-state index contributed by atoms with van der Waals surface area (Å²) in [7, 11) is 0. The van der Waals surface area contributed by atoms with Crippen LogP contribution in [0.25, 0.3) is 0 Å². The van der Waals surface area contributed by atoms with Crippen molar-refractivity contribution in [3.63, 3.8) is 0 Å². The highest BCUT2D eigenvalue weighted by Crippen LogP contribution is 2.24. The van der Waals surface area contributed by atoms with Crippen molar-refractivity contribution in [1.82, 2.24) is 10.2 Å². The number of nitrogens with two attached hydrogens (primary N) is 1. The third kappa shape index (κ3) is 3.98. The van der Waals surface area contributed by atoms with Gasteiger partial charge in [0.2, 0.25) is 5.91 Å². The number of amides is 3. The van der Waals surface area contributed by atoms with Crippen LogP contribution in [0.5, 0.6) is 0 Å². The Bertz CT molecular complexity index is 368. The lowest BCUT2D eigenvalue weighted by Gasteiger charge is -2.36. The summed E-state index contributed by atoms with van der Waals surface area (Å²) in [5.74, 6) is 0.617. The molecule has 0 aromatic rings. The van der Waals surface area contributed by atoms with Crippen molar-refractivity contribution in [2.75, 3.05) is 13.1 Å². The number of allylic oxidation sites excluding steroid dienone is 2. The topological polar surface area (TPSA) is 75.4 Å². The highest BCUT2D eigenvalue weighted by atomic mass is 16.2. The van der Waals surface area contributed by atoms with E-state index in [0.29, 0.717) is 18.9 Å². The minimum Gasteiger partial charge on any atom is -0.352 e. The molecular formula is C14H23N3O2. The summed E-state index contributed by atoms with van der Waals surface area (Å²) in [5, 5.41) is 2.62. The van der Waals surface area contributed by atoms with Crippen molar-refractivity contribution in [1.29, 1.82) is 0 Å². The average molecular weight is 265 g/mol. The van der Waals surface area contributed by atoms with Gasteiger partial charge in [0.25, 0.3) is 0 Å². The summed E-state index contributed by atoms with van der Waals surface area (Å²) in [6, 6.07) is -0.407. The number of likely N-dealkylation sites (tertiary alicyclic amines) is 1. The normalized spacial score (nSPS) is 26.4. The van der Waals surface area contributed by atoms with E-state index >= 15 is 0 Å². The number of urea groups is 1. The van der Waals surface area contributed by atoms with Crippen LogP contribution in [-0.4, -0.2) is 36.0 Å². The summed E-state index contributed by atoms with van der Waals surface area (Å²) >= 11 is 0. The molecule has 106 valence electrons. The van der Waals surface area contributed by atoms with Crippen LogP contribution in [0.4, 0.5) is 4.79 Å². The second-order valence-electron chi connectivity index (χ2n) is 5.45. The van der Waals surface area contributed by atoms with E-state index in [0.717, 1.165) is 38.6 Å².